The van der Waals surface area contributed by atoms with E-state index in [-0.39, 0.29) is 24.1 Å². The zero-order valence-corrected chi connectivity index (χ0v) is 19.9. The van der Waals surface area contributed by atoms with Crippen LogP contribution >= 0.6 is 0 Å². The smallest absolute Gasteiger partial charge is 0.267 e. The quantitative estimate of drug-likeness (QED) is 0.441. The molecule has 1 aromatic heterocycles. The molecule has 2 aliphatic rings. The number of hydrogen-bond acceptors (Lipinski definition) is 7. The SMILES string of the molecule is COc1ccc(C(=O)N2CCC(Nc3ccc(/C=C/C(=O)NOC4CCCCO4)cn3)CC2)cc1. The van der Waals surface area contributed by atoms with E-state index >= 15 is 0 Å². The molecule has 9 nitrogen and oxygen atoms in total. The summed E-state index contributed by atoms with van der Waals surface area (Å²) in [4.78, 5) is 36.3. The van der Waals surface area contributed by atoms with Gasteiger partial charge in [-0.25, -0.2) is 15.3 Å². The molecule has 3 heterocycles. The number of methoxy groups -OCH3 is 1. The van der Waals surface area contributed by atoms with Crippen LogP contribution < -0.4 is 15.5 Å². The van der Waals surface area contributed by atoms with E-state index in [0.717, 1.165) is 49.2 Å². The number of aromatic nitrogens is 1. The molecule has 2 aliphatic heterocycles. The fourth-order valence-electron chi connectivity index (χ4n) is 4.08. The summed E-state index contributed by atoms with van der Waals surface area (Å²) in [6.45, 7) is 2.03. The van der Waals surface area contributed by atoms with Crippen LogP contribution in [0.5, 0.6) is 5.75 Å². The Morgan fingerprint density at radius 2 is 1.89 bits per heavy atom. The Bertz CT molecular complexity index is 995. The number of ether oxygens (including phenoxy) is 2. The molecule has 186 valence electrons. The first-order valence-corrected chi connectivity index (χ1v) is 12.0. The maximum Gasteiger partial charge on any atom is 0.267 e. The minimum atomic E-state index is -0.374. The number of piperidine rings is 1. The number of hydroxylamine groups is 1. The third kappa shape index (κ3) is 7.27. The molecule has 1 aromatic carbocycles. The van der Waals surface area contributed by atoms with E-state index in [2.05, 4.69) is 15.8 Å². The molecule has 2 aromatic rings. The molecule has 2 fully saturated rings. The Labute approximate surface area is 205 Å². The van der Waals surface area contributed by atoms with Crippen molar-refractivity contribution in [3.63, 3.8) is 0 Å². The molecule has 0 radical (unpaired) electrons. The second-order valence-electron chi connectivity index (χ2n) is 8.63. The maximum atomic E-state index is 12.7. The first-order chi connectivity index (χ1) is 17.1. The van der Waals surface area contributed by atoms with Crippen LogP contribution in [0.2, 0.25) is 0 Å². The van der Waals surface area contributed by atoms with Crippen molar-refractivity contribution in [1.82, 2.24) is 15.4 Å². The van der Waals surface area contributed by atoms with Gasteiger partial charge in [-0.1, -0.05) is 0 Å². The second-order valence-corrected chi connectivity index (χ2v) is 8.63. The number of pyridine rings is 1. The summed E-state index contributed by atoms with van der Waals surface area (Å²) < 4.78 is 10.6. The van der Waals surface area contributed by atoms with Gasteiger partial charge in [-0.15, -0.1) is 0 Å². The van der Waals surface area contributed by atoms with E-state index in [1.807, 2.05) is 17.0 Å². The van der Waals surface area contributed by atoms with Crippen molar-refractivity contribution in [1.29, 1.82) is 0 Å². The van der Waals surface area contributed by atoms with E-state index in [0.29, 0.717) is 25.3 Å². The van der Waals surface area contributed by atoms with Gasteiger partial charge >= 0.3 is 0 Å². The van der Waals surface area contributed by atoms with Gasteiger partial charge in [0.15, 0.2) is 6.29 Å². The molecule has 0 bridgehead atoms. The summed E-state index contributed by atoms with van der Waals surface area (Å²) in [7, 11) is 1.61. The zero-order valence-electron chi connectivity index (χ0n) is 19.9. The van der Waals surface area contributed by atoms with Crippen molar-refractivity contribution in [3.05, 3.63) is 59.8 Å². The number of nitrogens with zero attached hydrogens (tertiary/aromatic N) is 2. The predicted molar refractivity (Wildman–Crippen MR) is 132 cm³/mol. The Balaban J connectivity index is 1.19. The molecule has 0 aliphatic carbocycles. The molecule has 4 rings (SSSR count). The number of amides is 2. The third-order valence-corrected chi connectivity index (χ3v) is 6.11. The van der Waals surface area contributed by atoms with Gasteiger partial charge in [-0.05, 0) is 73.7 Å². The van der Waals surface area contributed by atoms with Gasteiger partial charge in [0.25, 0.3) is 11.8 Å². The highest BCUT2D eigenvalue weighted by molar-refractivity contribution is 5.94. The molecule has 1 atom stereocenters. The molecular weight excluding hydrogens is 448 g/mol. The van der Waals surface area contributed by atoms with E-state index in [9.17, 15) is 9.59 Å². The monoisotopic (exact) mass is 480 g/mol. The molecule has 1 unspecified atom stereocenters. The summed E-state index contributed by atoms with van der Waals surface area (Å²) in [5.41, 5.74) is 3.87. The molecule has 2 N–H and O–H groups in total. The normalized spacial score (nSPS) is 18.9. The molecule has 0 saturated carbocycles. The molecule has 0 spiro atoms. The van der Waals surface area contributed by atoms with E-state index in [4.69, 9.17) is 14.3 Å². The van der Waals surface area contributed by atoms with Gasteiger partial charge in [-0.2, -0.15) is 0 Å². The van der Waals surface area contributed by atoms with Crippen LogP contribution in [0.3, 0.4) is 0 Å². The fraction of sp³-hybridized carbons (Fsp3) is 0.423. The number of nitrogens with one attached hydrogen (secondary N) is 2. The number of benzene rings is 1. The number of anilines is 1. The lowest BCUT2D eigenvalue weighted by molar-refractivity contribution is -0.198. The van der Waals surface area contributed by atoms with Crippen LogP contribution in [0, 0.1) is 0 Å². The van der Waals surface area contributed by atoms with E-state index < -0.39 is 0 Å². The van der Waals surface area contributed by atoms with Crippen molar-refractivity contribution in [2.45, 2.75) is 44.4 Å². The largest absolute Gasteiger partial charge is 0.497 e. The Morgan fingerprint density at radius 1 is 1.09 bits per heavy atom. The van der Waals surface area contributed by atoms with Gasteiger partial charge in [-0.3, -0.25) is 9.59 Å². The van der Waals surface area contributed by atoms with E-state index in [1.165, 1.54) is 6.08 Å². The molecule has 9 heteroatoms. The van der Waals surface area contributed by atoms with Crippen LogP contribution in [0.25, 0.3) is 6.08 Å². The Kier molecular flexibility index (Phi) is 8.69. The average molecular weight is 481 g/mol. The van der Waals surface area contributed by atoms with Gasteiger partial charge in [0, 0.05) is 50.0 Å². The Morgan fingerprint density at radius 3 is 2.54 bits per heavy atom. The lowest BCUT2D eigenvalue weighted by Crippen LogP contribution is -2.42. The molecule has 2 amide bonds. The molecule has 2 saturated heterocycles. The van der Waals surface area contributed by atoms with Crippen molar-refractivity contribution in [2.75, 3.05) is 32.1 Å². The number of hydrogen-bond donors (Lipinski definition) is 2. The molecular formula is C26H32N4O5. The van der Waals surface area contributed by atoms with Gasteiger partial charge < -0.3 is 19.7 Å². The minimum absolute atomic E-state index is 0.0427. The minimum Gasteiger partial charge on any atom is -0.497 e. The van der Waals surface area contributed by atoms with Gasteiger partial charge in [0.2, 0.25) is 0 Å². The number of carbonyl (C=O) groups is 2. The predicted octanol–water partition coefficient (Wildman–Crippen LogP) is 3.39. The summed E-state index contributed by atoms with van der Waals surface area (Å²) in [5, 5.41) is 3.44. The van der Waals surface area contributed by atoms with Crippen LogP contribution in [0.15, 0.2) is 48.7 Å². The van der Waals surface area contributed by atoms with Crippen LogP contribution in [-0.4, -0.2) is 60.8 Å². The topological polar surface area (TPSA) is 102 Å². The standard InChI is InChI=1S/C26H32N4O5/c1-33-22-9-7-20(8-10-22)26(32)30-15-13-21(14-16-30)28-23-11-5-19(18-27-23)6-12-24(31)29-35-25-4-2-3-17-34-25/h5-12,18,21,25H,2-4,13-17H2,1H3,(H,27,28)(H,29,31)/b12-6+. The van der Waals surface area contributed by atoms with Crippen molar-refractivity contribution in [2.24, 2.45) is 0 Å². The first-order valence-electron chi connectivity index (χ1n) is 12.0. The highest BCUT2D eigenvalue weighted by atomic mass is 16.8. The summed E-state index contributed by atoms with van der Waals surface area (Å²) in [5.74, 6) is 1.20. The molecule has 35 heavy (non-hydrogen) atoms. The highest BCUT2D eigenvalue weighted by Gasteiger charge is 2.24. The highest BCUT2D eigenvalue weighted by Crippen LogP contribution is 2.19. The summed E-state index contributed by atoms with van der Waals surface area (Å²) in [6, 6.07) is 11.2. The van der Waals surface area contributed by atoms with Gasteiger partial charge in [0.1, 0.15) is 11.6 Å². The van der Waals surface area contributed by atoms with Crippen molar-refractivity contribution < 1.29 is 23.9 Å². The van der Waals surface area contributed by atoms with Crippen molar-refractivity contribution >= 4 is 23.7 Å². The second kappa shape index (κ2) is 12.3. The third-order valence-electron chi connectivity index (χ3n) is 6.11. The summed E-state index contributed by atoms with van der Waals surface area (Å²) in [6.07, 6.45) is 8.94. The lowest BCUT2D eigenvalue weighted by atomic mass is 10.0. The first kappa shape index (κ1) is 24.7. The number of likely N-dealkylation sites (tertiary alicyclic amines) is 1. The number of rotatable bonds is 8. The lowest BCUT2D eigenvalue weighted by Gasteiger charge is -2.32. The average Bonchev–Trinajstić information content (AvgIpc) is 2.92. The van der Waals surface area contributed by atoms with Crippen LogP contribution in [0.1, 0.15) is 48.0 Å². The Hall–Kier alpha value is -3.43. The van der Waals surface area contributed by atoms with Crippen LogP contribution in [0.4, 0.5) is 5.82 Å². The van der Waals surface area contributed by atoms with E-state index in [1.54, 1.807) is 43.6 Å². The maximum absolute atomic E-state index is 12.7. The zero-order chi connectivity index (χ0) is 24.5. The fourth-order valence-corrected chi connectivity index (χ4v) is 4.08. The van der Waals surface area contributed by atoms with Gasteiger partial charge in [0.05, 0.1) is 7.11 Å². The summed E-state index contributed by atoms with van der Waals surface area (Å²) >= 11 is 0. The van der Waals surface area contributed by atoms with Crippen molar-refractivity contribution in [3.8, 4) is 5.75 Å². The van der Waals surface area contributed by atoms with Crippen LogP contribution in [-0.2, 0) is 14.4 Å². The number of carbonyl (C=O) groups excluding carboxylic acids is 2.